The van der Waals surface area contributed by atoms with E-state index in [2.05, 4.69) is 25.3 Å². The largest absolute Gasteiger partial charge is 0.491 e. The molecule has 4 aromatic rings. The maximum absolute atomic E-state index is 13.2. The Bertz CT molecular complexity index is 2070. The van der Waals surface area contributed by atoms with Gasteiger partial charge in [-0.2, -0.15) is 26.3 Å². The molecule has 1 fully saturated rings. The Morgan fingerprint density at radius 1 is 0.763 bits per heavy atom. The van der Waals surface area contributed by atoms with Gasteiger partial charge in [-0.05, 0) is 62.5 Å². The number of nitrogens with zero attached hydrogens (tertiary/aromatic N) is 1. The monoisotopic (exact) mass is 832 g/mol. The fourth-order valence-electron chi connectivity index (χ4n) is 6.89. The highest BCUT2D eigenvalue weighted by Crippen LogP contribution is 2.34. The number of unbranched alkanes of at least 4 members (excludes halogenated alkanes) is 6. The van der Waals surface area contributed by atoms with Gasteiger partial charge in [0.05, 0.1) is 11.2 Å². The SMILES string of the molecule is O=C(Nc1ccccc1-c1ccccc1)OC1CCN(CCCCCCCCCNC[C@H](OC(=O)C(F)(F)F)c2ccc(OC(=O)C(F)(F)F)c3[nH]c(=O)ccc23)CC1. The highest BCUT2D eigenvalue weighted by Gasteiger charge is 2.43. The van der Waals surface area contributed by atoms with E-state index in [1.165, 1.54) is 0 Å². The third-order valence-corrected chi connectivity index (χ3v) is 9.87. The van der Waals surface area contributed by atoms with Gasteiger partial charge in [0, 0.05) is 42.2 Å². The number of rotatable bonds is 18. The zero-order valence-corrected chi connectivity index (χ0v) is 32.1. The third kappa shape index (κ3) is 13.6. The summed E-state index contributed by atoms with van der Waals surface area (Å²) in [4.78, 5) is 52.6. The molecule has 318 valence electrons. The summed E-state index contributed by atoms with van der Waals surface area (Å²) in [5.74, 6) is -5.73. The number of benzene rings is 3. The second-order valence-electron chi connectivity index (χ2n) is 14.2. The summed E-state index contributed by atoms with van der Waals surface area (Å²) in [6, 6.07) is 21.5. The van der Waals surface area contributed by atoms with E-state index in [-0.39, 0.29) is 23.6 Å². The summed E-state index contributed by atoms with van der Waals surface area (Å²) in [7, 11) is 0. The van der Waals surface area contributed by atoms with Crippen molar-refractivity contribution in [1.29, 1.82) is 0 Å². The van der Waals surface area contributed by atoms with Gasteiger partial charge in [0.2, 0.25) is 5.56 Å². The van der Waals surface area contributed by atoms with Crippen LogP contribution < -0.4 is 20.9 Å². The number of nitrogens with one attached hydrogen (secondary N) is 3. The third-order valence-electron chi connectivity index (χ3n) is 9.87. The molecule has 0 aliphatic carbocycles. The fraction of sp³-hybridized carbons (Fsp3) is 0.429. The molecule has 0 unspecified atom stereocenters. The maximum Gasteiger partial charge on any atom is 0.491 e. The quantitative estimate of drug-likeness (QED) is 0.0389. The number of pyridine rings is 1. The van der Waals surface area contributed by atoms with Gasteiger partial charge in [0.1, 0.15) is 12.2 Å². The van der Waals surface area contributed by atoms with Crippen LogP contribution in [0.15, 0.2) is 83.7 Å². The number of aromatic amines is 1. The number of halogens is 6. The first-order valence-electron chi connectivity index (χ1n) is 19.5. The predicted molar refractivity (Wildman–Crippen MR) is 208 cm³/mol. The van der Waals surface area contributed by atoms with Crippen LogP contribution in [0.3, 0.4) is 0 Å². The Morgan fingerprint density at radius 3 is 2.10 bits per heavy atom. The van der Waals surface area contributed by atoms with Crippen LogP contribution in [0.1, 0.15) is 69.5 Å². The normalized spacial score (nSPS) is 14.5. The van der Waals surface area contributed by atoms with Gasteiger partial charge in [0.15, 0.2) is 5.75 Å². The van der Waals surface area contributed by atoms with E-state index >= 15 is 0 Å². The molecular weight excluding hydrogens is 786 g/mol. The molecule has 1 aromatic heterocycles. The number of ether oxygens (including phenoxy) is 3. The maximum atomic E-state index is 13.2. The number of piperidine rings is 1. The Labute approximate surface area is 336 Å². The zero-order valence-electron chi connectivity index (χ0n) is 32.1. The molecule has 1 aliphatic heterocycles. The first-order valence-corrected chi connectivity index (χ1v) is 19.5. The minimum Gasteiger partial charge on any atom is -0.449 e. The van der Waals surface area contributed by atoms with E-state index in [0.717, 1.165) is 106 Å². The van der Waals surface area contributed by atoms with Gasteiger partial charge >= 0.3 is 30.4 Å². The summed E-state index contributed by atoms with van der Waals surface area (Å²) in [6.07, 6.45) is -4.75. The second-order valence-corrected chi connectivity index (χ2v) is 14.2. The Morgan fingerprint density at radius 2 is 1.41 bits per heavy atom. The van der Waals surface area contributed by atoms with Crippen LogP contribution in [0.5, 0.6) is 5.75 Å². The number of esters is 2. The number of carbonyl (C=O) groups is 3. The number of hydrogen-bond acceptors (Lipinski definition) is 9. The number of alkyl halides is 6. The van der Waals surface area contributed by atoms with E-state index in [1.54, 1.807) is 0 Å². The lowest BCUT2D eigenvalue weighted by molar-refractivity contribution is -0.205. The molecule has 11 nitrogen and oxygen atoms in total. The standard InChI is InChI=1S/C42H46F6N4O7/c43-41(44,45)38(54)58-34-19-17-31(32-18-20-36(53)51-37(32)34)35(59-39(55)42(46,47)48)27-49-23-11-4-2-1-3-5-12-24-52-25-21-29(22-26-52)57-40(56)50-33-16-10-9-15-30(33)28-13-7-6-8-14-28/h6-10,13-20,29,35,49H,1-5,11-12,21-27H2,(H,50,56)(H,51,53)/t35-/m0/s1. The van der Waals surface area contributed by atoms with Crippen LogP contribution in [0.25, 0.3) is 22.0 Å². The van der Waals surface area contributed by atoms with Crippen molar-refractivity contribution in [3.63, 3.8) is 0 Å². The number of likely N-dealkylation sites (tertiary alicyclic amines) is 1. The fourth-order valence-corrected chi connectivity index (χ4v) is 6.89. The number of para-hydroxylation sites is 1. The van der Waals surface area contributed by atoms with Crippen molar-refractivity contribution >= 4 is 34.6 Å². The van der Waals surface area contributed by atoms with E-state index in [0.29, 0.717) is 18.7 Å². The number of H-pyrrole nitrogens is 1. The molecule has 0 spiro atoms. The van der Waals surface area contributed by atoms with Crippen LogP contribution in [0.4, 0.5) is 36.8 Å². The highest BCUT2D eigenvalue weighted by atomic mass is 19.4. The molecule has 1 saturated heterocycles. The molecule has 1 amide bonds. The van der Waals surface area contributed by atoms with Gasteiger partial charge in [-0.3, -0.25) is 10.1 Å². The van der Waals surface area contributed by atoms with Crippen LogP contribution in [-0.4, -0.2) is 79.1 Å². The topological polar surface area (TPSA) is 139 Å². The number of carbonyl (C=O) groups excluding carboxylic acids is 3. The molecule has 0 radical (unpaired) electrons. The Kier molecular flexibility index (Phi) is 15.9. The Hall–Kier alpha value is -5.42. The lowest BCUT2D eigenvalue weighted by Gasteiger charge is -2.31. The summed E-state index contributed by atoms with van der Waals surface area (Å²) >= 11 is 0. The molecule has 5 rings (SSSR count). The number of aromatic nitrogens is 1. The van der Waals surface area contributed by atoms with Gasteiger partial charge in [-0.15, -0.1) is 0 Å². The molecule has 17 heteroatoms. The first-order chi connectivity index (χ1) is 28.2. The van der Waals surface area contributed by atoms with Crippen molar-refractivity contribution in [2.24, 2.45) is 0 Å². The number of hydrogen-bond donors (Lipinski definition) is 3. The van der Waals surface area contributed by atoms with E-state index in [9.17, 15) is 45.5 Å². The molecular formula is C42H46F6N4O7. The zero-order chi connectivity index (χ0) is 42.4. The number of fused-ring (bicyclic) bond motifs is 1. The Balaban J connectivity index is 0.979. The lowest BCUT2D eigenvalue weighted by atomic mass is 10.0. The van der Waals surface area contributed by atoms with E-state index in [4.69, 9.17) is 9.47 Å². The predicted octanol–water partition coefficient (Wildman–Crippen LogP) is 8.84. The van der Waals surface area contributed by atoms with Crippen molar-refractivity contribution in [3.05, 3.63) is 94.8 Å². The van der Waals surface area contributed by atoms with E-state index in [1.807, 2.05) is 54.6 Å². The summed E-state index contributed by atoms with van der Waals surface area (Å²) < 4.78 is 93.0. The minimum absolute atomic E-state index is 0.0603. The van der Waals surface area contributed by atoms with E-state index < -0.39 is 53.3 Å². The second kappa shape index (κ2) is 21.0. The minimum atomic E-state index is -5.36. The van der Waals surface area contributed by atoms with Crippen molar-refractivity contribution in [3.8, 4) is 16.9 Å². The smallest absolute Gasteiger partial charge is 0.449 e. The van der Waals surface area contributed by atoms with Gasteiger partial charge in [-0.25, -0.2) is 14.4 Å². The summed E-state index contributed by atoms with van der Waals surface area (Å²) in [5.41, 5.74) is 1.38. The van der Waals surface area contributed by atoms with Gasteiger partial charge < -0.3 is 29.4 Å². The van der Waals surface area contributed by atoms with Crippen molar-refractivity contribution in [2.45, 2.75) is 82.3 Å². The average molecular weight is 833 g/mol. The van der Waals surface area contributed by atoms with Crippen LogP contribution in [-0.2, 0) is 19.1 Å². The molecule has 3 aromatic carbocycles. The van der Waals surface area contributed by atoms with Crippen LogP contribution in [0, 0.1) is 0 Å². The molecule has 0 bridgehead atoms. The molecule has 1 atom stereocenters. The van der Waals surface area contributed by atoms with Crippen LogP contribution >= 0.6 is 0 Å². The lowest BCUT2D eigenvalue weighted by Crippen LogP contribution is -2.38. The van der Waals surface area contributed by atoms with Crippen molar-refractivity contribution in [1.82, 2.24) is 15.2 Å². The first kappa shape index (κ1) is 44.7. The van der Waals surface area contributed by atoms with Crippen LogP contribution in [0.2, 0.25) is 0 Å². The van der Waals surface area contributed by atoms with Crippen molar-refractivity contribution in [2.75, 3.05) is 38.0 Å². The molecule has 59 heavy (non-hydrogen) atoms. The summed E-state index contributed by atoms with van der Waals surface area (Å²) in [5, 5.41) is 5.80. The molecule has 0 saturated carbocycles. The van der Waals surface area contributed by atoms with Gasteiger partial charge in [-0.1, -0.05) is 86.7 Å². The molecule has 1 aliphatic rings. The number of anilines is 1. The molecule has 3 N–H and O–H groups in total. The number of amides is 1. The molecule has 2 heterocycles. The average Bonchev–Trinajstić information content (AvgIpc) is 3.20. The highest BCUT2D eigenvalue weighted by molar-refractivity contribution is 5.92. The van der Waals surface area contributed by atoms with Crippen molar-refractivity contribution < 1.29 is 54.9 Å². The summed E-state index contributed by atoms with van der Waals surface area (Å²) in [6.45, 7) is 2.75. The van der Waals surface area contributed by atoms with Gasteiger partial charge in [0.25, 0.3) is 0 Å².